The molecule has 26 heavy (non-hydrogen) atoms. The van der Waals surface area contributed by atoms with E-state index in [0.717, 1.165) is 16.9 Å². The van der Waals surface area contributed by atoms with Crippen LogP contribution < -0.4 is 0 Å². The van der Waals surface area contributed by atoms with Crippen molar-refractivity contribution in [2.45, 2.75) is 66.7 Å². The molecule has 0 fully saturated rings. The van der Waals surface area contributed by atoms with Crippen LogP contribution in [0.5, 0.6) is 0 Å². The Morgan fingerprint density at radius 2 is 1.46 bits per heavy atom. The predicted molar refractivity (Wildman–Crippen MR) is 101 cm³/mol. The van der Waals surface area contributed by atoms with Crippen molar-refractivity contribution in [3.8, 4) is 0 Å². The van der Waals surface area contributed by atoms with Gasteiger partial charge in [0.1, 0.15) is 0 Å². The molecule has 0 spiro atoms. The second-order valence-electron chi connectivity index (χ2n) is 7.08. The maximum atomic E-state index is 12.6. The zero-order valence-electron chi connectivity index (χ0n) is 16.5. The van der Waals surface area contributed by atoms with Crippen LogP contribution in [0.4, 0.5) is 0 Å². The molecule has 6 heteroatoms. The first-order valence-corrected chi connectivity index (χ1v) is 8.90. The van der Waals surface area contributed by atoms with Crippen molar-refractivity contribution in [2.75, 3.05) is 0 Å². The van der Waals surface area contributed by atoms with Gasteiger partial charge in [0.2, 0.25) is 0 Å². The van der Waals surface area contributed by atoms with Crippen LogP contribution in [0, 0.1) is 13.8 Å². The summed E-state index contributed by atoms with van der Waals surface area (Å²) in [6.45, 7) is 13.1. The lowest BCUT2D eigenvalue weighted by Gasteiger charge is -2.32. The summed E-state index contributed by atoms with van der Waals surface area (Å²) in [7, 11) is 0. The van der Waals surface area contributed by atoms with Crippen molar-refractivity contribution < 1.29 is 14.3 Å². The summed E-state index contributed by atoms with van der Waals surface area (Å²) in [5.41, 5.74) is 3.38. The number of fused-ring (bicyclic) bond motifs is 1. The highest BCUT2D eigenvalue weighted by molar-refractivity contribution is 5.95. The molecule has 1 aromatic heterocycles. The van der Waals surface area contributed by atoms with Crippen molar-refractivity contribution in [3.63, 3.8) is 0 Å². The number of aryl methyl sites for hydroxylation is 2. The minimum absolute atomic E-state index is 0.0332. The monoisotopic (exact) mass is 357 g/mol. The lowest BCUT2D eigenvalue weighted by molar-refractivity contribution is -0.143. The number of amides is 1. The first-order valence-electron chi connectivity index (χ1n) is 8.90. The molecule has 2 aromatic rings. The molecule has 0 aliphatic rings. The molecule has 2 rings (SSSR count). The van der Waals surface area contributed by atoms with E-state index in [2.05, 4.69) is 9.97 Å². The number of esters is 1. The minimum atomic E-state index is -0.853. The smallest absolute Gasteiger partial charge is 0.338 e. The number of hydrogen-bond acceptors (Lipinski definition) is 5. The normalized spacial score (nSPS) is 12.5. The van der Waals surface area contributed by atoms with E-state index in [4.69, 9.17) is 4.74 Å². The van der Waals surface area contributed by atoms with Gasteiger partial charge in [-0.2, -0.15) is 0 Å². The van der Waals surface area contributed by atoms with Gasteiger partial charge in [0, 0.05) is 12.1 Å². The predicted octanol–water partition coefficient (Wildman–Crippen LogP) is 3.44. The molecule has 1 amide bonds. The molecule has 0 saturated carbocycles. The third-order valence-corrected chi connectivity index (χ3v) is 4.31. The number of carbonyl (C=O) groups excluding carboxylic acids is 2. The summed E-state index contributed by atoms with van der Waals surface area (Å²) < 4.78 is 5.40. The molecule has 0 bridgehead atoms. The summed E-state index contributed by atoms with van der Waals surface area (Å²) >= 11 is 0. The Hall–Kier alpha value is -2.50. The number of rotatable bonds is 5. The van der Waals surface area contributed by atoms with E-state index in [0.29, 0.717) is 11.1 Å². The highest BCUT2D eigenvalue weighted by atomic mass is 16.5. The number of nitrogens with zero attached hydrogens (tertiary/aromatic N) is 3. The van der Waals surface area contributed by atoms with Crippen molar-refractivity contribution in [1.29, 1.82) is 0 Å². The quantitative estimate of drug-likeness (QED) is 0.767. The number of hydrogen-bond donors (Lipinski definition) is 0. The molecule has 0 N–H and O–H groups in total. The van der Waals surface area contributed by atoms with Gasteiger partial charge in [0.15, 0.2) is 6.10 Å². The highest BCUT2D eigenvalue weighted by Gasteiger charge is 2.28. The lowest BCUT2D eigenvalue weighted by atomic mass is 10.1. The van der Waals surface area contributed by atoms with Gasteiger partial charge in [-0.3, -0.25) is 4.79 Å². The van der Waals surface area contributed by atoms with Gasteiger partial charge in [0.05, 0.1) is 28.0 Å². The van der Waals surface area contributed by atoms with Gasteiger partial charge >= 0.3 is 5.97 Å². The van der Waals surface area contributed by atoms with E-state index in [9.17, 15) is 9.59 Å². The lowest BCUT2D eigenvalue weighted by Crippen LogP contribution is -2.47. The van der Waals surface area contributed by atoms with Crippen LogP contribution in [-0.4, -0.2) is 44.9 Å². The topological polar surface area (TPSA) is 72.4 Å². The minimum Gasteiger partial charge on any atom is -0.449 e. The Balaban J connectivity index is 2.20. The second-order valence-corrected chi connectivity index (χ2v) is 7.08. The van der Waals surface area contributed by atoms with E-state index in [1.807, 2.05) is 41.5 Å². The maximum Gasteiger partial charge on any atom is 0.338 e. The van der Waals surface area contributed by atoms with Crippen molar-refractivity contribution >= 4 is 22.9 Å². The van der Waals surface area contributed by atoms with Crippen molar-refractivity contribution in [2.24, 2.45) is 0 Å². The Morgan fingerprint density at radius 3 is 2.00 bits per heavy atom. The number of aromatic nitrogens is 2. The van der Waals surface area contributed by atoms with Crippen LogP contribution in [0.3, 0.4) is 0 Å². The highest BCUT2D eigenvalue weighted by Crippen LogP contribution is 2.16. The van der Waals surface area contributed by atoms with Crippen LogP contribution >= 0.6 is 0 Å². The van der Waals surface area contributed by atoms with Crippen LogP contribution in [0.15, 0.2) is 18.2 Å². The zero-order valence-corrected chi connectivity index (χ0v) is 16.5. The summed E-state index contributed by atoms with van der Waals surface area (Å²) in [5, 5.41) is 0. The van der Waals surface area contributed by atoms with E-state index in [-0.39, 0.29) is 18.0 Å². The Morgan fingerprint density at radius 1 is 0.923 bits per heavy atom. The largest absolute Gasteiger partial charge is 0.449 e. The summed E-state index contributed by atoms with van der Waals surface area (Å²) in [4.78, 5) is 35.7. The molecule has 1 heterocycles. The summed E-state index contributed by atoms with van der Waals surface area (Å²) in [5.74, 6) is -0.740. The second kappa shape index (κ2) is 7.81. The zero-order chi connectivity index (χ0) is 19.6. The molecule has 0 aliphatic carbocycles. The fourth-order valence-corrected chi connectivity index (χ4v) is 2.95. The van der Waals surface area contributed by atoms with Crippen molar-refractivity contribution in [3.05, 3.63) is 35.2 Å². The van der Waals surface area contributed by atoms with Crippen LogP contribution in [0.25, 0.3) is 11.0 Å². The molecule has 0 aliphatic heterocycles. The van der Waals surface area contributed by atoms with Gasteiger partial charge in [-0.1, -0.05) is 0 Å². The number of benzene rings is 1. The molecular weight excluding hydrogens is 330 g/mol. The van der Waals surface area contributed by atoms with Crippen LogP contribution in [0.1, 0.15) is 56.4 Å². The SMILES string of the molecule is Cc1nc2ccc(C(=O)O[C@H](C)C(=O)N(C(C)C)C(C)C)cc2nc1C. The molecule has 6 nitrogen and oxygen atoms in total. The van der Waals surface area contributed by atoms with Crippen LogP contribution in [0.2, 0.25) is 0 Å². The molecule has 1 atom stereocenters. The van der Waals surface area contributed by atoms with Gasteiger partial charge in [0.25, 0.3) is 5.91 Å². The van der Waals surface area contributed by atoms with E-state index >= 15 is 0 Å². The van der Waals surface area contributed by atoms with Gasteiger partial charge in [-0.15, -0.1) is 0 Å². The fraction of sp³-hybridized carbons (Fsp3) is 0.500. The fourth-order valence-electron chi connectivity index (χ4n) is 2.95. The standard InChI is InChI=1S/C20H27N3O3/c1-11(2)23(12(3)4)19(24)15(7)26-20(25)16-8-9-17-18(10-16)22-14(6)13(5)21-17/h8-12,15H,1-7H3/t15-/m1/s1. The summed E-state index contributed by atoms with van der Waals surface area (Å²) in [6.07, 6.45) is -0.853. The Labute approximate surface area is 154 Å². The third kappa shape index (κ3) is 4.18. The Kier molecular flexibility index (Phi) is 5.95. The van der Waals surface area contributed by atoms with E-state index in [1.165, 1.54) is 0 Å². The van der Waals surface area contributed by atoms with Gasteiger partial charge < -0.3 is 9.64 Å². The van der Waals surface area contributed by atoms with Crippen LogP contribution in [-0.2, 0) is 9.53 Å². The molecule has 140 valence electrons. The first kappa shape index (κ1) is 19.8. The maximum absolute atomic E-state index is 12.6. The molecule has 0 saturated heterocycles. The molecule has 0 radical (unpaired) electrons. The number of carbonyl (C=O) groups is 2. The van der Waals surface area contributed by atoms with Crippen molar-refractivity contribution in [1.82, 2.24) is 14.9 Å². The average molecular weight is 357 g/mol. The first-order chi connectivity index (χ1) is 12.1. The molecule has 0 unspecified atom stereocenters. The molecule has 1 aromatic carbocycles. The Bertz CT molecular complexity index is 822. The molecular formula is C20H27N3O3. The average Bonchev–Trinajstić information content (AvgIpc) is 2.54. The number of ether oxygens (including phenoxy) is 1. The van der Waals surface area contributed by atoms with Gasteiger partial charge in [-0.25, -0.2) is 14.8 Å². The van der Waals surface area contributed by atoms with Gasteiger partial charge in [-0.05, 0) is 66.7 Å². The van der Waals surface area contributed by atoms with E-state index < -0.39 is 12.1 Å². The summed E-state index contributed by atoms with van der Waals surface area (Å²) in [6, 6.07) is 5.11. The van der Waals surface area contributed by atoms with E-state index in [1.54, 1.807) is 30.0 Å². The third-order valence-electron chi connectivity index (χ3n) is 4.31.